The van der Waals surface area contributed by atoms with E-state index in [0.29, 0.717) is 5.52 Å². The van der Waals surface area contributed by atoms with Crippen LogP contribution in [-0.4, -0.2) is 59.4 Å². The molecule has 1 aliphatic heterocycles. The maximum Gasteiger partial charge on any atom is 0.217 e. The molecular weight excluding hydrogens is 432 g/mol. The van der Waals surface area contributed by atoms with Crippen molar-refractivity contribution in [1.82, 2.24) is 9.88 Å². The number of carbonyl (C=O) groups is 1. The molecule has 3 rings (SSSR count). The van der Waals surface area contributed by atoms with E-state index in [1.165, 1.54) is 17.7 Å². The van der Waals surface area contributed by atoms with Crippen molar-refractivity contribution in [3.63, 3.8) is 0 Å². The summed E-state index contributed by atoms with van der Waals surface area (Å²) >= 11 is 8.71. The molecule has 1 aliphatic rings. The van der Waals surface area contributed by atoms with E-state index in [1.54, 1.807) is 30.3 Å². The quantitative estimate of drug-likeness (QED) is 0.425. The Kier molecular flexibility index (Phi) is 5.08. The Bertz CT molecular complexity index is 832. The van der Waals surface area contributed by atoms with Gasteiger partial charge in [0.05, 0.1) is 5.52 Å². The van der Waals surface area contributed by atoms with E-state index in [0.717, 1.165) is 5.39 Å². The molecular formula is C16H18BrClN2O6. The Balaban J connectivity index is 2.23. The Morgan fingerprint density at radius 1 is 1.38 bits per heavy atom. The summed E-state index contributed by atoms with van der Waals surface area (Å²) in [4.78, 5) is 11.6. The Hall–Kier alpha value is -1.20. The summed E-state index contributed by atoms with van der Waals surface area (Å²) in [5.41, 5.74) is -3.59. The number of para-hydroxylation sites is 1. The van der Waals surface area contributed by atoms with E-state index < -0.39 is 40.1 Å². The van der Waals surface area contributed by atoms with Crippen LogP contribution in [0.25, 0.3) is 10.9 Å². The zero-order valence-electron chi connectivity index (χ0n) is 13.6. The molecule has 2 heterocycles. The minimum atomic E-state index is -2.30. The van der Waals surface area contributed by atoms with Crippen LogP contribution in [0.2, 0.25) is 0 Å². The lowest BCUT2D eigenvalue weighted by Gasteiger charge is -2.53. The SMILES string of the molecule is CC(=O)N[C@H]1[C@@H](O)O[C@](Br)(C(O)Cl)[C@@H](O)[C@@]1(O)n1ccc2ccccc21. The van der Waals surface area contributed by atoms with E-state index in [-0.39, 0.29) is 0 Å². The van der Waals surface area contributed by atoms with Crippen LogP contribution in [0, 0.1) is 0 Å². The van der Waals surface area contributed by atoms with Gasteiger partial charge in [0.2, 0.25) is 5.91 Å². The van der Waals surface area contributed by atoms with Crippen LogP contribution in [-0.2, 0) is 15.3 Å². The molecule has 0 aliphatic carbocycles. The standard InChI is InChI=1S/C16H18BrClN2O6/c1-8(21)19-11-12(22)26-15(17,14(18)24)13(23)16(11,25)20-7-6-9-4-2-3-5-10(9)20/h2-7,11-14,22-25H,1H3,(H,19,21)/t11-,12-,13+,14?,15-,16+/m0/s1. The molecule has 26 heavy (non-hydrogen) atoms. The van der Waals surface area contributed by atoms with Gasteiger partial charge in [-0.25, -0.2) is 0 Å². The average molecular weight is 450 g/mol. The lowest BCUT2D eigenvalue weighted by Crippen LogP contribution is -2.75. The molecule has 5 N–H and O–H groups in total. The van der Waals surface area contributed by atoms with Crippen molar-refractivity contribution in [3.05, 3.63) is 36.5 Å². The first kappa shape index (κ1) is 19.6. The van der Waals surface area contributed by atoms with Gasteiger partial charge < -0.3 is 35.0 Å². The molecule has 0 saturated carbocycles. The maximum atomic E-state index is 11.6. The molecule has 1 amide bonds. The number of hydrogen-bond acceptors (Lipinski definition) is 6. The molecule has 142 valence electrons. The predicted octanol–water partition coefficient (Wildman–Crippen LogP) is 0.149. The van der Waals surface area contributed by atoms with Gasteiger partial charge in [0.1, 0.15) is 12.1 Å². The highest BCUT2D eigenvalue weighted by molar-refractivity contribution is 9.10. The van der Waals surface area contributed by atoms with E-state index in [4.69, 9.17) is 16.3 Å². The van der Waals surface area contributed by atoms with Crippen LogP contribution in [0.5, 0.6) is 0 Å². The molecule has 0 bridgehead atoms. The fourth-order valence-electron chi connectivity index (χ4n) is 3.25. The molecule has 1 unspecified atom stereocenters. The number of halogens is 2. The van der Waals surface area contributed by atoms with Crippen molar-refractivity contribution in [2.75, 3.05) is 0 Å². The molecule has 1 aromatic carbocycles. The maximum absolute atomic E-state index is 11.6. The van der Waals surface area contributed by atoms with Crippen molar-refractivity contribution >= 4 is 44.3 Å². The number of ether oxygens (including phenoxy) is 1. The largest absolute Gasteiger partial charge is 0.384 e. The Labute approximate surface area is 162 Å². The minimum Gasteiger partial charge on any atom is -0.384 e. The zero-order chi connectivity index (χ0) is 19.3. The number of rotatable bonds is 3. The summed E-state index contributed by atoms with van der Waals surface area (Å²) in [5.74, 6) is -0.562. The van der Waals surface area contributed by atoms with Crippen LogP contribution in [0.3, 0.4) is 0 Å². The van der Waals surface area contributed by atoms with Gasteiger partial charge in [0.15, 0.2) is 22.1 Å². The average Bonchev–Trinajstić information content (AvgIpc) is 3.01. The summed E-state index contributed by atoms with van der Waals surface area (Å²) in [6.45, 7) is 1.19. The fraction of sp³-hybridized carbons (Fsp3) is 0.438. The molecule has 2 aromatic rings. The number of aliphatic hydroxyl groups excluding tert-OH is 3. The highest BCUT2D eigenvalue weighted by Crippen LogP contribution is 2.46. The minimum absolute atomic E-state index is 0.525. The van der Waals surface area contributed by atoms with Crippen molar-refractivity contribution in [2.24, 2.45) is 0 Å². The summed E-state index contributed by atoms with van der Waals surface area (Å²) in [5, 5.41) is 45.8. The first-order valence-electron chi connectivity index (χ1n) is 7.73. The summed E-state index contributed by atoms with van der Waals surface area (Å²) in [7, 11) is 0. The van der Waals surface area contributed by atoms with Crippen molar-refractivity contribution < 1.29 is 30.0 Å². The first-order valence-corrected chi connectivity index (χ1v) is 8.96. The molecule has 0 radical (unpaired) electrons. The van der Waals surface area contributed by atoms with E-state index in [2.05, 4.69) is 21.2 Å². The second-order valence-corrected chi connectivity index (χ2v) is 7.80. The normalized spacial score (nSPS) is 36.0. The summed E-state index contributed by atoms with van der Waals surface area (Å²) < 4.78 is 4.42. The third-order valence-corrected chi connectivity index (χ3v) is 6.13. The molecule has 1 saturated heterocycles. The van der Waals surface area contributed by atoms with Crippen LogP contribution in [0.15, 0.2) is 36.5 Å². The van der Waals surface area contributed by atoms with Crippen LogP contribution in [0.1, 0.15) is 6.92 Å². The van der Waals surface area contributed by atoms with Gasteiger partial charge in [0.25, 0.3) is 0 Å². The van der Waals surface area contributed by atoms with E-state index in [1.807, 2.05) is 0 Å². The predicted molar refractivity (Wildman–Crippen MR) is 96.4 cm³/mol. The third-order valence-electron chi connectivity index (χ3n) is 4.49. The molecule has 8 nitrogen and oxygen atoms in total. The van der Waals surface area contributed by atoms with E-state index in [9.17, 15) is 25.2 Å². The van der Waals surface area contributed by atoms with Gasteiger partial charge in [-0.05, 0) is 33.4 Å². The van der Waals surface area contributed by atoms with Gasteiger partial charge in [0, 0.05) is 13.1 Å². The number of fused-ring (bicyclic) bond motifs is 1. The number of nitrogens with zero attached hydrogens (tertiary/aromatic N) is 1. The molecule has 1 aromatic heterocycles. The molecule has 6 atom stereocenters. The highest BCUT2D eigenvalue weighted by Gasteiger charge is 2.65. The lowest BCUT2D eigenvalue weighted by atomic mass is 9.89. The zero-order valence-corrected chi connectivity index (χ0v) is 15.9. The first-order chi connectivity index (χ1) is 12.1. The number of aromatic nitrogens is 1. The summed E-state index contributed by atoms with van der Waals surface area (Å²) in [6, 6.07) is 7.26. The molecule has 10 heteroatoms. The number of aliphatic hydroxyl groups is 4. The number of alkyl halides is 2. The van der Waals surface area contributed by atoms with Gasteiger partial charge in [-0.1, -0.05) is 29.8 Å². The number of benzene rings is 1. The number of carbonyl (C=O) groups excluding carboxylic acids is 1. The number of nitrogens with one attached hydrogen (secondary N) is 1. The highest BCUT2D eigenvalue weighted by atomic mass is 79.9. The number of hydrogen-bond donors (Lipinski definition) is 5. The fourth-order valence-corrected chi connectivity index (χ4v) is 3.95. The molecule has 0 spiro atoms. The van der Waals surface area contributed by atoms with E-state index >= 15 is 0 Å². The Morgan fingerprint density at radius 3 is 2.65 bits per heavy atom. The smallest absolute Gasteiger partial charge is 0.217 e. The van der Waals surface area contributed by atoms with Gasteiger partial charge in [-0.2, -0.15) is 0 Å². The van der Waals surface area contributed by atoms with Gasteiger partial charge in [-0.15, -0.1) is 0 Å². The second-order valence-electron chi connectivity index (χ2n) is 6.15. The number of amides is 1. The van der Waals surface area contributed by atoms with Crippen LogP contribution in [0.4, 0.5) is 0 Å². The topological polar surface area (TPSA) is 124 Å². The third kappa shape index (κ3) is 2.84. The Morgan fingerprint density at radius 2 is 2.04 bits per heavy atom. The van der Waals surface area contributed by atoms with Gasteiger partial charge in [-0.3, -0.25) is 4.79 Å². The van der Waals surface area contributed by atoms with Crippen LogP contribution < -0.4 is 5.32 Å². The monoisotopic (exact) mass is 448 g/mol. The van der Waals surface area contributed by atoms with Gasteiger partial charge >= 0.3 is 0 Å². The van der Waals surface area contributed by atoms with Crippen molar-refractivity contribution in [1.29, 1.82) is 0 Å². The second kappa shape index (κ2) is 6.75. The van der Waals surface area contributed by atoms with Crippen molar-refractivity contribution in [3.8, 4) is 0 Å². The lowest BCUT2D eigenvalue weighted by molar-refractivity contribution is -0.325. The molecule has 1 fully saturated rings. The van der Waals surface area contributed by atoms with Crippen molar-refractivity contribution in [2.45, 2.75) is 41.2 Å². The summed E-state index contributed by atoms with van der Waals surface area (Å²) in [6.07, 6.45) is -2.17. The van der Waals surface area contributed by atoms with Crippen LogP contribution >= 0.6 is 27.5 Å².